The number of nitrogens with one attached hydrogen (secondary N) is 2. The third-order valence-electron chi connectivity index (χ3n) is 3.27. The number of aliphatic carboxylic acids is 1. The highest BCUT2D eigenvalue weighted by atomic mass is 32.1. The summed E-state index contributed by atoms with van der Waals surface area (Å²) in [6.07, 6.45) is 2.60. The summed E-state index contributed by atoms with van der Waals surface area (Å²) in [5.41, 5.74) is 2.73. The van der Waals surface area contributed by atoms with E-state index in [1.54, 1.807) is 5.51 Å². The predicted molar refractivity (Wildman–Crippen MR) is 71.1 cm³/mol. The minimum absolute atomic E-state index is 0.0274. The van der Waals surface area contributed by atoms with Crippen LogP contribution >= 0.6 is 11.3 Å². The van der Waals surface area contributed by atoms with Gasteiger partial charge in [-0.2, -0.15) is 0 Å². The van der Waals surface area contributed by atoms with Gasteiger partial charge in [0.2, 0.25) is 0 Å². The molecule has 7 heteroatoms. The second-order valence-electron chi connectivity index (χ2n) is 4.68. The molecule has 3 N–H and O–H groups in total. The number of amides is 2. The lowest BCUT2D eigenvalue weighted by Crippen LogP contribution is -2.41. The van der Waals surface area contributed by atoms with Crippen molar-refractivity contribution in [2.24, 2.45) is 5.92 Å². The van der Waals surface area contributed by atoms with E-state index >= 15 is 0 Å². The minimum atomic E-state index is -0.770. The molecule has 0 saturated heterocycles. The second kappa shape index (κ2) is 6.51. The molecule has 6 nitrogen and oxygen atoms in total. The maximum absolute atomic E-state index is 11.6. The van der Waals surface area contributed by atoms with Crippen LogP contribution in [0.2, 0.25) is 0 Å². The Bertz CT molecular complexity index is 435. The molecule has 2 amide bonds. The number of aromatic nitrogens is 1. The summed E-state index contributed by atoms with van der Waals surface area (Å²) >= 11 is 1.53. The van der Waals surface area contributed by atoms with Gasteiger partial charge in [0, 0.05) is 24.4 Å². The number of nitrogens with zero attached hydrogens (tertiary/aromatic N) is 1. The number of carboxylic acids is 1. The predicted octanol–water partition coefficient (Wildman–Crippen LogP) is 1.24. The first kappa shape index (κ1) is 13.8. The monoisotopic (exact) mass is 283 g/mol. The Balaban J connectivity index is 1.63. The Morgan fingerprint density at radius 1 is 1.47 bits per heavy atom. The average Bonchev–Trinajstić information content (AvgIpc) is 3.00. The van der Waals surface area contributed by atoms with Gasteiger partial charge in [0.1, 0.15) is 0 Å². The third-order valence-corrected chi connectivity index (χ3v) is 3.90. The molecule has 1 aliphatic rings. The average molecular weight is 283 g/mol. The van der Waals surface area contributed by atoms with Gasteiger partial charge in [-0.1, -0.05) is 0 Å². The van der Waals surface area contributed by atoms with Crippen molar-refractivity contribution in [1.82, 2.24) is 15.6 Å². The quantitative estimate of drug-likeness (QED) is 0.758. The van der Waals surface area contributed by atoms with Crippen LogP contribution in [-0.2, 0) is 11.2 Å². The summed E-state index contributed by atoms with van der Waals surface area (Å²) in [6, 6.07) is -0.258. The van der Waals surface area contributed by atoms with Crippen LogP contribution in [0.15, 0.2) is 10.9 Å². The summed E-state index contributed by atoms with van der Waals surface area (Å²) in [6.45, 7) is 0.532. The molecule has 2 unspecified atom stereocenters. The van der Waals surface area contributed by atoms with Crippen LogP contribution < -0.4 is 10.6 Å². The van der Waals surface area contributed by atoms with E-state index in [-0.39, 0.29) is 18.0 Å². The van der Waals surface area contributed by atoms with Crippen LogP contribution in [0.4, 0.5) is 4.79 Å². The van der Waals surface area contributed by atoms with Crippen LogP contribution in [-0.4, -0.2) is 34.7 Å². The molecular formula is C12H17N3O3S. The van der Waals surface area contributed by atoms with E-state index in [0.717, 1.165) is 12.1 Å². The van der Waals surface area contributed by atoms with Crippen LogP contribution in [0, 0.1) is 5.92 Å². The Morgan fingerprint density at radius 3 is 2.95 bits per heavy atom. The normalized spacial score (nSPS) is 22.1. The lowest BCUT2D eigenvalue weighted by Gasteiger charge is -2.13. The highest BCUT2D eigenvalue weighted by Crippen LogP contribution is 2.25. The molecule has 0 aromatic carbocycles. The fourth-order valence-electron chi connectivity index (χ4n) is 2.24. The Morgan fingerprint density at radius 2 is 2.32 bits per heavy atom. The summed E-state index contributed by atoms with van der Waals surface area (Å²) in [5.74, 6) is -1.09. The Labute approximate surface area is 115 Å². The molecule has 2 atom stereocenters. The van der Waals surface area contributed by atoms with Gasteiger partial charge in [0.25, 0.3) is 0 Å². The molecule has 104 valence electrons. The van der Waals surface area contributed by atoms with Crippen molar-refractivity contribution in [3.63, 3.8) is 0 Å². The molecule has 0 bridgehead atoms. The SMILES string of the molecule is O=C(NCCc1cscn1)NC1CCC(C(=O)O)C1. The molecule has 2 rings (SSSR count). The van der Waals surface area contributed by atoms with Crippen molar-refractivity contribution >= 4 is 23.3 Å². The van der Waals surface area contributed by atoms with E-state index in [0.29, 0.717) is 25.8 Å². The maximum atomic E-state index is 11.6. The molecule has 1 aromatic heterocycles. The number of carboxylic acid groups (broad SMARTS) is 1. The number of carbonyl (C=O) groups excluding carboxylic acids is 1. The molecule has 0 radical (unpaired) electrons. The van der Waals surface area contributed by atoms with Crippen LogP contribution in [0.1, 0.15) is 25.0 Å². The topological polar surface area (TPSA) is 91.3 Å². The van der Waals surface area contributed by atoms with Crippen molar-refractivity contribution in [3.05, 3.63) is 16.6 Å². The zero-order valence-electron chi connectivity index (χ0n) is 10.5. The van der Waals surface area contributed by atoms with Gasteiger partial charge in [-0.15, -0.1) is 11.3 Å². The second-order valence-corrected chi connectivity index (χ2v) is 5.39. The van der Waals surface area contributed by atoms with E-state index in [4.69, 9.17) is 5.11 Å². The van der Waals surface area contributed by atoms with E-state index in [2.05, 4.69) is 15.6 Å². The highest BCUT2D eigenvalue weighted by Gasteiger charge is 2.30. The summed E-state index contributed by atoms with van der Waals surface area (Å²) < 4.78 is 0. The van der Waals surface area contributed by atoms with Gasteiger partial charge in [-0.3, -0.25) is 4.79 Å². The fraction of sp³-hybridized carbons (Fsp3) is 0.583. The molecule has 0 aliphatic heterocycles. The first-order valence-electron chi connectivity index (χ1n) is 6.29. The number of rotatable bonds is 5. The highest BCUT2D eigenvalue weighted by molar-refractivity contribution is 7.07. The summed E-state index contributed by atoms with van der Waals surface area (Å²) in [5, 5.41) is 16.4. The van der Waals surface area contributed by atoms with Crippen molar-refractivity contribution in [2.45, 2.75) is 31.7 Å². The van der Waals surface area contributed by atoms with Gasteiger partial charge in [-0.25, -0.2) is 9.78 Å². The van der Waals surface area contributed by atoms with Crippen LogP contribution in [0.3, 0.4) is 0 Å². The molecule has 0 spiro atoms. The van der Waals surface area contributed by atoms with E-state index in [9.17, 15) is 9.59 Å². The van der Waals surface area contributed by atoms with Crippen molar-refractivity contribution < 1.29 is 14.7 Å². The van der Waals surface area contributed by atoms with Gasteiger partial charge < -0.3 is 15.7 Å². The fourth-order valence-corrected chi connectivity index (χ4v) is 2.83. The molecule has 1 fully saturated rings. The first-order valence-corrected chi connectivity index (χ1v) is 7.23. The Kier molecular flexibility index (Phi) is 4.73. The molecule has 1 saturated carbocycles. The van der Waals surface area contributed by atoms with Crippen molar-refractivity contribution in [3.8, 4) is 0 Å². The first-order chi connectivity index (χ1) is 9.15. The maximum Gasteiger partial charge on any atom is 0.315 e. The van der Waals surface area contributed by atoms with Gasteiger partial charge in [0.05, 0.1) is 17.1 Å². The Hall–Kier alpha value is -1.63. The smallest absolute Gasteiger partial charge is 0.315 e. The van der Waals surface area contributed by atoms with Gasteiger partial charge >= 0.3 is 12.0 Å². The third kappa shape index (κ3) is 4.20. The number of thiazole rings is 1. The molecule has 19 heavy (non-hydrogen) atoms. The lowest BCUT2D eigenvalue weighted by molar-refractivity contribution is -0.141. The van der Waals surface area contributed by atoms with Gasteiger partial charge in [0.15, 0.2) is 0 Å². The zero-order chi connectivity index (χ0) is 13.7. The number of hydrogen-bond donors (Lipinski definition) is 3. The number of urea groups is 1. The number of carbonyl (C=O) groups is 2. The number of hydrogen-bond acceptors (Lipinski definition) is 4. The molecule has 1 aromatic rings. The van der Waals surface area contributed by atoms with Crippen LogP contribution in [0.25, 0.3) is 0 Å². The van der Waals surface area contributed by atoms with E-state index in [1.807, 2.05) is 5.38 Å². The largest absolute Gasteiger partial charge is 0.481 e. The molecular weight excluding hydrogens is 266 g/mol. The molecule has 1 aliphatic carbocycles. The van der Waals surface area contributed by atoms with Crippen molar-refractivity contribution in [2.75, 3.05) is 6.54 Å². The van der Waals surface area contributed by atoms with E-state index < -0.39 is 5.97 Å². The summed E-state index contributed by atoms with van der Waals surface area (Å²) in [7, 11) is 0. The minimum Gasteiger partial charge on any atom is -0.481 e. The van der Waals surface area contributed by atoms with E-state index in [1.165, 1.54) is 11.3 Å². The molecule has 1 heterocycles. The van der Waals surface area contributed by atoms with Crippen LogP contribution in [0.5, 0.6) is 0 Å². The standard InChI is InChI=1S/C12H17N3O3S/c16-11(17)8-1-2-9(5-8)15-12(18)13-4-3-10-6-19-7-14-10/h6-9H,1-5H2,(H,16,17)(H2,13,15,18). The summed E-state index contributed by atoms with van der Waals surface area (Å²) in [4.78, 5) is 26.5. The zero-order valence-corrected chi connectivity index (χ0v) is 11.3. The van der Waals surface area contributed by atoms with Gasteiger partial charge in [-0.05, 0) is 19.3 Å². The lowest BCUT2D eigenvalue weighted by atomic mass is 10.1. The van der Waals surface area contributed by atoms with Crippen molar-refractivity contribution in [1.29, 1.82) is 0 Å².